The van der Waals surface area contributed by atoms with Gasteiger partial charge in [0.05, 0.1) is 12.0 Å². The van der Waals surface area contributed by atoms with Crippen molar-refractivity contribution >= 4 is 17.7 Å². The molecule has 3 aromatic rings. The first-order valence-corrected chi connectivity index (χ1v) is 10.2. The van der Waals surface area contributed by atoms with E-state index in [2.05, 4.69) is 0 Å². The van der Waals surface area contributed by atoms with Crippen molar-refractivity contribution < 1.29 is 13.7 Å². The first-order chi connectivity index (χ1) is 14.6. The van der Waals surface area contributed by atoms with Crippen LogP contribution in [0, 0.1) is 0 Å². The van der Waals surface area contributed by atoms with Gasteiger partial charge in [0.15, 0.2) is 0 Å². The lowest BCUT2D eigenvalue weighted by atomic mass is 10.3. The maximum absolute atomic E-state index is 5.79. The first kappa shape index (κ1) is 21.2. The minimum atomic E-state index is 0.412. The van der Waals surface area contributed by atoms with Crippen LogP contribution in [0.3, 0.4) is 0 Å². The van der Waals surface area contributed by atoms with Crippen LogP contribution in [0.2, 0.25) is 0 Å². The van der Waals surface area contributed by atoms with Crippen LogP contribution in [-0.4, -0.2) is 6.61 Å². The molecule has 6 heteroatoms. The third-order valence-electron chi connectivity index (χ3n) is 3.90. The van der Waals surface area contributed by atoms with Crippen molar-refractivity contribution in [2.75, 3.05) is 12.3 Å². The quantitative estimate of drug-likeness (QED) is 0.253. The molecule has 5 nitrogen and oxygen atoms in total. The van der Waals surface area contributed by atoms with E-state index in [-0.39, 0.29) is 0 Å². The summed E-state index contributed by atoms with van der Waals surface area (Å²) in [6.07, 6.45) is 5.53. The van der Waals surface area contributed by atoms with E-state index in [9.17, 15) is 0 Å². The van der Waals surface area contributed by atoms with Crippen LogP contribution in [0.1, 0.15) is 6.92 Å². The Morgan fingerprint density at radius 2 is 1.60 bits per heavy atom. The summed E-state index contributed by atoms with van der Waals surface area (Å²) in [5.74, 6) is 2.92. The van der Waals surface area contributed by atoms with Crippen LogP contribution in [0.15, 0.2) is 102 Å². The highest BCUT2D eigenvalue weighted by Gasteiger charge is 2.02. The zero-order chi connectivity index (χ0) is 21.2. The standard InChI is InChI=1S/C24H24N2O3S/c1-2-4-18(25)15-16-27-20-7-9-22(10-8-20)29-30-24-13-11-21(12-14-24)28-23-6-3-5-19(26)17-23/h2-15,17H,16,25-26H2,1H3/b4-2-,18-15+. The highest BCUT2D eigenvalue weighted by atomic mass is 32.2. The number of ether oxygens (including phenoxy) is 2. The van der Waals surface area contributed by atoms with Gasteiger partial charge in [0, 0.05) is 22.3 Å². The van der Waals surface area contributed by atoms with Gasteiger partial charge in [-0.05, 0) is 79.7 Å². The van der Waals surface area contributed by atoms with E-state index >= 15 is 0 Å². The fourth-order valence-corrected chi connectivity index (χ4v) is 3.01. The Bertz CT molecular complexity index is 1000. The third kappa shape index (κ3) is 6.83. The summed E-state index contributed by atoms with van der Waals surface area (Å²) in [6.45, 7) is 2.33. The van der Waals surface area contributed by atoms with Gasteiger partial charge in [0.25, 0.3) is 0 Å². The highest BCUT2D eigenvalue weighted by Crippen LogP contribution is 2.28. The molecule has 0 aliphatic rings. The lowest BCUT2D eigenvalue weighted by Gasteiger charge is -2.08. The molecule has 0 aliphatic carbocycles. The summed E-state index contributed by atoms with van der Waals surface area (Å²) < 4.78 is 17.2. The molecule has 0 spiro atoms. The summed E-state index contributed by atoms with van der Waals surface area (Å²) in [7, 11) is 0. The van der Waals surface area contributed by atoms with Crippen molar-refractivity contribution in [3.05, 3.63) is 96.7 Å². The summed E-state index contributed by atoms with van der Waals surface area (Å²) in [5, 5.41) is 0. The summed E-state index contributed by atoms with van der Waals surface area (Å²) in [6, 6.07) is 22.4. The molecule has 0 fully saturated rings. The summed E-state index contributed by atoms with van der Waals surface area (Å²) >= 11 is 1.27. The lowest BCUT2D eigenvalue weighted by Crippen LogP contribution is -1.99. The maximum Gasteiger partial charge on any atom is 0.138 e. The molecular weight excluding hydrogens is 396 g/mol. The van der Waals surface area contributed by atoms with Crippen LogP contribution in [0.5, 0.6) is 23.0 Å². The molecule has 0 saturated carbocycles. The van der Waals surface area contributed by atoms with Crippen molar-refractivity contribution in [3.63, 3.8) is 0 Å². The van der Waals surface area contributed by atoms with Crippen LogP contribution in [0.4, 0.5) is 5.69 Å². The average molecular weight is 421 g/mol. The predicted molar refractivity (Wildman–Crippen MR) is 123 cm³/mol. The largest absolute Gasteiger partial charge is 0.489 e. The summed E-state index contributed by atoms with van der Waals surface area (Å²) in [5.41, 5.74) is 12.9. The molecule has 0 saturated heterocycles. The number of benzene rings is 3. The molecule has 0 aliphatic heterocycles. The van der Waals surface area contributed by atoms with Crippen molar-refractivity contribution in [1.82, 2.24) is 0 Å². The third-order valence-corrected chi connectivity index (χ3v) is 4.64. The van der Waals surface area contributed by atoms with Gasteiger partial charge < -0.3 is 25.1 Å². The molecule has 0 aromatic heterocycles. The lowest BCUT2D eigenvalue weighted by molar-refractivity contribution is 0.362. The molecule has 154 valence electrons. The second-order valence-corrected chi connectivity index (χ2v) is 7.10. The van der Waals surface area contributed by atoms with Crippen molar-refractivity contribution in [3.8, 4) is 23.0 Å². The molecule has 0 atom stereocenters. The van der Waals surface area contributed by atoms with Gasteiger partial charge in [-0.2, -0.15) is 0 Å². The first-order valence-electron chi connectivity index (χ1n) is 9.41. The van der Waals surface area contributed by atoms with E-state index in [4.69, 9.17) is 25.1 Å². The number of nitrogens with two attached hydrogens (primary N) is 2. The molecule has 0 bridgehead atoms. The molecule has 3 rings (SSSR count). The molecule has 4 N–H and O–H groups in total. The van der Waals surface area contributed by atoms with Gasteiger partial charge in [-0.3, -0.25) is 0 Å². The molecule has 30 heavy (non-hydrogen) atoms. The number of rotatable bonds is 9. The van der Waals surface area contributed by atoms with Gasteiger partial charge in [-0.15, -0.1) is 0 Å². The van der Waals surface area contributed by atoms with E-state index in [1.54, 1.807) is 6.07 Å². The molecule has 3 aromatic carbocycles. The predicted octanol–water partition coefficient (Wildman–Crippen LogP) is 5.94. The SMILES string of the molecule is C/C=C\C(N)=C/COc1ccc(OSc2ccc(Oc3cccc(N)c3)cc2)cc1. The Morgan fingerprint density at radius 1 is 0.900 bits per heavy atom. The number of hydrogen-bond donors (Lipinski definition) is 2. The molecular formula is C24H24N2O3S. The zero-order valence-corrected chi connectivity index (χ0v) is 17.5. The Hall–Kier alpha value is -3.51. The normalized spacial score (nSPS) is 11.4. The monoisotopic (exact) mass is 420 g/mol. The second-order valence-electron chi connectivity index (χ2n) is 6.30. The van der Waals surface area contributed by atoms with Gasteiger partial charge >= 0.3 is 0 Å². The minimum Gasteiger partial charge on any atom is -0.489 e. The van der Waals surface area contributed by atoms with Crippen molar-refractivity contribution in [2.45, 2.75) is 11.8 Å². The average Bonchev–Trinajstić information content (AvgIpc) is 2.74. The molecule has 0 heterocycles. The number of hydrogen-bond acceptors (Lipinski definition) is 6. The summed E-state index contributed by atoms with van der Waals surface area (Å²) in [4.78, 5) is 0.958. The Morgan fingerprint density at radius 3 is 2.30 bits per heavy atom. The topological polar surface area (TPSA) is 79.7 Å². The minimum absolute atomic E-state index is 0.412. The Labute approximate surface area is 181 Å². The van der Waals surface area contributed by atoms with Crippen LogP contribution in [0.25, 0.3) is 0 Å². The number of allylic oxidation sites excluding steroid dienone is 2. The highest BCUT2D eigenvalue weighted by molar-refractivity contribution is 7.95. The Kier molecular flexibility index (Phi) is 7.69. The van der Waals surface area contributed by atoms with Crippen LogP contribution in [-0.2, 0) is 0 Å². The van der Waals surface area contributed by atoms with Crippen LogP contribution >= 0.6 is 12.0 Å². The Balaban J connectivity index is 1.47. The van der Waals surface area contributed by atoms with E-state index < -0.39 is 0 Å². The van der Waals surface area contributed by atoms with Gasteiger partial charge in [-0.1, -0.05) is 12.1 Å². The zero-order valence-electron chi connectivity index (χ0n) is 16.7. The van der Waals surface area contributed by atoms with Gasteiger partial charge in [0.2, 0.25) is 0 Å². The fraction of sp³-hybridized carbons (Fsp3) is 0.0833. The van der Waals surface area contributed by atoms with Crippen molar-refractivity contribution in [2.24, 2.45) is 5.73 Å². The number of anilines is 1. The smallest absolute Gasteiger partial charge is 0.138 e. The molecule has 0 unspecified atom stereocenters. The maximum atomic E-state index is 5.79. The molecule has 0 radical (unpaired) electrons. The van der Waals surface area contributed by atoms with Crippen LogP contribution < -0.4 is 25.1 Å². The fourth-order valence-electron chi connectivity index (χ4n) is 2.46. The van der Waals surface area contributed by atoms with Gasteiger partial charge in [0.1, 0.15) is 29.6 Å². The van der Waals surface area contributed by atoms with E-state index in [1.165, 1.54) is 12.0 Å². The van der Waals surface area contributed by atoms with Gasteiger partial charge in [-0.25, -0.2) is 0 Å². The molecule has 0 amide bonds. The van der Waals surface area contributed by atoms with Crippen molar-refractivity contribution in [1.29, 1.82) is 0 Å². The van der Waals surface area contributed by atoms with E-state index in [1.807, 2.05) is 91.9 Å². The second kappa shape index (κ2) is 10.9. The number of nitrogen functional groups attached to an aromatic ring is 1. The van der Waals surface area contributed by atoms with E-state index in [0.717, 1.165) is 22.1 Å². The van der Waals surface area contributed by atoms with E-state index in [0.29, 0.717) is 23.7 Å².